The van der Waals surface area contributed by atoms with Gasteiger partial charge in [-0.15, -0.1) is 0 Å². The van der Waals surface area contributed by atoms with E-state index >= 15 is 0 Å². The zero-order valence-electron chi connectivity index (χ0n) is 20.6. The Bertz CT molecular complexity index is 1150. The highest BCUT2D eigenvalue weighted by molar-refractivity contribution is 7.89. The van der Waals surface area contributed by atoms with Gasteiger partial charge in [-0.2, -0.15) is 4.31 Å². The number of amides is 1. The molecule has 2 saturated heterocycles. The molecule has 0 saturated carbocycles. The smallest absolute Gasteiger partial charge is 0.254 e. The predicted molar refractivity (Wildman–Crippen MR) is 133 cm³/mol. The van der Waals surface area contributed by atoms with E-state index in [2.05, 4.69) is 23.7 Å². The Morgan fingerprint density at radius 3 is 2.24 bits per heavy atom. The molecule has 2 aliphatic rings. The summed E-state index contributed by atoms with van der Waals surface area (Å²) in [7, 11) is -3.60. The van der Waals surface area contributed by atoms with Crippen molar-refractivity contribution in [2.75, 3.05) is 44.2 Å². The van der Waals surface area contributed by atoms with Crippen molar-refractivity contribution in [3.8, 4) is 0 Å². The standard InChI is InChI=1S/C25H35N5O3S/c1-18(2)24-26-20(4)16-23(27-24)28-12-14-29(15-13-28)25(31)21-9-8-19(3)22(17-21)34(32,33)30-10-6-5-7-11-30/h8-9,16-18H,5-7,10-15H2,1-4H3. The van der Waals surface area contributed by atoms with E-state index in [-0.39, 0.29) is 16.7 Å². The number of aryl methyl sites for hydroxylation is 2. The summed E-state index contributed by atoms with van der Waals surface area (Å²) in [6, 6.07) is 7.04. The van der Waals surface area contributed by atoms with Crippen LogP contribution in [0.5, 0.6) is 0 Å². The van der Waals surface area contributed by atoms with Gasteiger partial charge in [0.05, 0.1) is 4.90 Å². The molecule has 184 valence electrons. The highest BCUT2D eigenvalue weighted by Gasteiger charge is 2.29. The lowest BCUT2D eigenvalue weighted by Gasteiger charge is -2.35. The van der Waals surface area contributed by atoms with Crippen molar-refractivity contribution in [3.63, 3.8) is 0 Å². The molecule has 0 aliphatic carbocycles. The van der Waals surface area contributed by atoms with Gasteiger partial charge in [-0.05, 0) is 44.4 Å². The number of hydrogen-bond donors (Lipinski definition) is 0. The molecule has 0 atom stereocenters. The monoisotopic (exact) mass is 485 g/mol. The first-order chi connectivity index (χ1) is 16.2. The molecule has 2 aromatic rings. The average Bonchev–Trinajstić information content (AvgIpc) is 2.84. The Labute approximate surface area is 203 Å². The van der Waals surface area contributed by atoms with Crippen LogP contribution in [0.2, 0.25) is 0 Å². The Hall–Kier alpha value is -2.52. The maximum Gasteiger partial charge on any atom is 0.254 e. The number of carbonyl (C=O) groups excluding carboxylic acids is 1. The summed E-state index contributed by atoms with van der Waals surface area (Å²) in [5, 5.41) is 0. The van der Waals surface area contributed by atoms with Gasteiger partial charge in [0.1, 0.15) is 11.6 Å². The van der Waals surface area contributed by atoms with E-state index in [4.69, 9.17) is 4.98 Å². The molecule has 0 bridgehead atoms. The summed E-state index contributed by atoms with van der Waals surface area (Å²) in [6.45, 7) is 11.5. The van der Waals surface area contributed by atoms with Gasteiger partial charge in [0.2, 0.25) is 10.0 Å². The molecular weight excluding hydrogens is 450 g/mol. The molecule has 1 aromatic heterocycles. The fourth-order valence-corrected chi connectivity index (χ4v) is 6.34. The lowest BCUT2D eigenvalue weighted by atomic mass is 10.1. The topological polar surface area (TPSA) is 86.7 Å². The summed E-state index contributed by atoms with van der Waals surface area (Å²) >= 11 is 0. The largest absolute Gasteiger partial charge is 0.353 e. The van der Waals surface area contributed by atoms with Crippen LogP contribution in [-0.2, 0) is 10.0 Å². The molecule has 2 fully saturated rings. The molecule has 34 heavy (non-hydrogen) atoms. The van der Waals surface area contributed by atoms with E-state index in [1.165, 1.54) is 0 Å². The first-order valence-electron chi connectivity index (χ1n) is 12.2. The van der Waals surface area contributed by atoms with E-state index in [0.717, 1.165) is 36.6 Å². The molecule has 9 heteroatoms. The van der Waals surface area contributed by atoms with Crippen molar-refractivity contribution in [3.05, 3.63) is 46.9 Å². The number of nitrogens with zero attached hydrogens (tertiary/aromatic N) is 5. The minimum atomic E-state index is -3.60. The van der Waals surface area contributed by atoms with Crippen LogP contribution >= 0.6 is 0 Å². The second-order valence-corrected chi connectivity index (χ2v) is 11.5. The van der Waals surface area contributed by atoms with Gasteiger partial charge in [-0.1, -0.05) is 26.3 Å². The van der Waals surface area contributed by atoms with Gasteiger partial charge in [-0.25, -0.2) is 18.4 Å². The molecule has 0 N–H and O–H groups in total. The third-order valence-electron chi connectivity index (χ3n) is 6.63. The number of piperazine rings is 1. The number of carbonyl (C=O) groups is 1. The Morgan fingerprint density at radius 1 is 0.912 bits per heavy atom. The van der Waals surface area contributed by atoms with Crippen molar-refractivity contribution in [2.45, 2.75) is 57.8 Å². The van der Waals surface area contributed by atoms with E-state index in [9.17, 15) is 13.2 Å². The summed E-state index contributed by atoms with van der Waals surface area (Å²) in [5.41, 5.74) is 2.04. The van der Waals surface area contributed by atoms with Gasteiger partial charge in [-0.3, -0.25) is 4.79 Å². The third-order valence-corrected chi connectivity index (χ3v) is 8.67. The van der Waals surface area contributed by atoms with Crippen LogP contribution in [0.3, 0.4) is 0 Å². The van der Waals surface area contributed by atoms with Crippen LogP contribution in [0.25, 0.3) is 0 Å². The normalized spacial score (nSPS) is 17.9. The van der Waals surface area contributed by atoms with Crippen molar-refractivity contribution in [1.29, 1.82) is 0 Å². The van der Waals surface area contributed by atoms with Crippen LogP contribution in [0, 0.1) is 13.8 Å². The molecular formula is C25H35N5O3S. The number of hydrogen-bond acceptors (Lipinski definition) is 6. The number of piperidine rings is 1. The number of aromatic nitrogens is 2. The summed E-state index contributed by atoms with van der Waals surface area (Å²) in [4.78, 5) is 26.8. The summed E-state index contributed by atoms with van der Waals surface area (Å²) < 4.78 is 28.0. The second-order valence-electron chi connectivity index (χ2n) is 9.60. The second kappa shape index (κ2) is 10.00. The maximum atomic E-state index is 13.3. The number of rotatable bonds is 5. The van der Waals surface area contributed by atoms with Crippen molar-refractivity contribution >= 4 is 21.7 Å². The minimum Gasteiger partial charge on any atom is -0.353 e. The third kappa shape index (κ3) is 5.10. The number of sulfonamides is 1. The molecule has 4 rings (SSSR count). The van der Waals surface area contributed by atoms with Crippen LogP contribution in [0.1, 0.15) is 66.5 Å². The van der Waals surface area contributed by atoms with Crippen LogP contribution in [0.15, 0.2) is 29.2 Å². The number of benzene rings is 1. The Morgan fingerprint density at radius 2 is 1.59 bits per heavy atom. The van der Waals surface area contributed by atoms with Gasteiger partial charge < -0.3 is 9.80 Å². The quantitative estimate of drug-likeness (QED) is 0.646. The Balaban J connectivity index is 1.48. The van der Waals surface area contributed by atoms with E-state index in [1.54, 1.807) is 34.3 Å². The first kappa shape index (κ1) is 24.6. The highest BCUT2D eigenvalue weighted by Crippen LogP contribution is 2.25. The lowest BCUT2D eigenvalue weighted by Crippen LogP contribution is -2.49. The van der Waals surface area contributed by atoms with Crippen LogP contribution < -0.4 is 4.90 Å². The molecule has 8 nitrogen and oxygen atoms in total. The molecule has 2 aliphatic heterocycles. The molecule has 1 amide bonds. The maximum absolute atomic E-state index is 13.3. The van der Waals surface area contributed by atoms with Crippen LogP contribution in [0.4, 0.5) is 5.82 Å². The first-order valence-corrected chi connectivity index (χ1v) is 13.6. The van der Waals surface area contributed by atoms with Crippen molar-refractivity contribution < 1.29 is 13.2 Å². The fourth-order valence-electron chi connectivity index (χ4n) is 4.57. The predicted octanol–water partition coefficient (Wildman–Crippen LogP) is 3.35. The van der Waals surface area contributed by atoms with Gasteiger partial charge >= 0.3 is 0 Å². The summed E-state index contributed by atoms with van der Waals surface area (Å²) in [6.07, 6.45) is 2.82. The lowest BCUT2D eigenvalue weighted by molar-refractivity contribution is 0.0746. The SMILES string of the molecule is Cc1cc(N2CCN(C(=O)c3ccc(C)c(S(=O)(=O)N4CCCCC4)c3)CC2)nc(C(C)C)n1. The molecule has 0 spiro atoms. The Kier molecular flexibility index (Phi) is 7.23. The van der Waals surface area contributed by atoms with Crippen molar-refractivity contribution in [2.24, 2.45) is 0 Å². The fraction of sp³-hybridized carbons (Fsp3) is 0.560. The highest BCUT2D eigenvalue weighted by atomic mass is 32.2. The van der Waals surface area contributed by atoms with E-state index in [0.29, 0.717) is 50.4 Å². The minimum absolute atomic E-state index is 0.128. The van der Waals surface area contributed by atoms with Gasteiger partial charge in [0, 0.05) is 62.5 Å². The van der Waals surface area contributed by atoms with E-state index in [1.807, 2.05) is 13.0 Å². The number of anilines is 1. The van der Waals surface area contributed by atoms with Gasteiger partial charge in [0.25, 0.3) is 5.91 Å². The molecule has 3 heterocycles. The summed E-state index contributed by atoms with van der Waals surface area (Å²) in [5.74, 6) is 1.85. The van der Waals surface area contributed by atoms with Crippen molar-refractivity contribution in [1.82, 2.24) is 19.2 Å². The van der Waals surface area contributed by atoms with E-state index < -0.39 is 10.0 Å². The molecule has 1 aromatic carbocycles. The molecule has 0 unspecified atom stereocenters. The zero-order chi connectivity index (χ0) is 24.5. The van der Waals surface area contributed by atoms with Crippen LogP contribution in [-0.4, -0.2) is 72.8 Å². The molecule has 0 radical (unpaired) electrons. The van der Waals surface area contributed by atoms with Gasteiger partial charge in [0.15, 0.2) is 0 Å². The average molecular weight is 486 g/mol. The zero-order valence-corrected chi connectivity index (χ0v) is 21.4.